The van der Waals surface area contributed by atoms with Crippen molar-refractivity contribution in [2.45, 2.75) is 36.9 Å². The fraction of sp³-hybridized carbons (Fsp3) is 0.500. The highest BCUT2D eigenvalue weighted by Crippen LogP contribution is 2.39. The third-order valence-electron chi connectivity index (χ3n) is 4.56. The molecular formula is C16H21N7O4S. The fourth-order valence-corrected chi connectivity index (χ4v) is 3.73. The molecule has 1 saturated carbocycles. The number of Topliss-reactive ketones (excluding diaryl/α,β-unsaturated/α-hetero) is 1. The van der Waals surface area contributed by atoms with Gasteiger partial charge in [0, 0.05) is 33.0 Å². The predicted molar refractivity (Wildman–Crippen MR) is 102 cm³/mol. The van der Waals surface area contributed by atoms with E-state index in [1.807, 2.05) is 4.57 Å². The number of nitrogens with two attached hydrogens (primary N) is 2. The summed E-state index contributed by atoms with van der Waals surface area (Å²) >= 11 is 1.14. The van der Waals surface area contributed by atoms with Crippen LogP contribution < -0.4 is 22.7 Å². The van der Waals surface area contributed by atoms with E-state index in [0.717, 1.165) is 33.7 Å². The third-order valence-corrected chi connectivity index (χ3v) is 5.51. The zero-order valence-electron chi connectivity index (χ0n) is 15.5. The number of rotatable bonds is 8. The monoisotopic (exact) mass is 407 g/mol. The molecule has 0 aliphatic heterocycles. The smallest absolute Gasteiger partial charge is 0.332 e. The average molecular weight is 407 g/mol. The number of aryl methyl sites for hydroxylation is 1. The number of nitrogens with zero attached hydrogens (tertiary/aromatic N) is 5. The van der Waals surface area contributed by atoms with Crippen LogP contribution in [-0.2, 0) is 25.3 Å². The Hall–Kier alpha value is -2.89. The van der Waals surface area contributed by atoms with E-state index in [1.54, 1.807) is 0 Å². The van der Waals surface area contributed by atoms with Crippen molar-refractivity contribution in [1.82, 2.24) is 23.9 Å². The van der Waals surface area contributed by atoms with E-state index >= 15 is 0 Å². The third kappa shape index (κ3) is 3.72. The molecule has 150 valence electrons. The number of anilines is 1. The van der Waals surface area contributed by atoms with Crippen LogP contribution >= 0.6 is 11.8 Å². The molecule has 2 aromatic heterocycles. The van der Waals surface area contributed by atoms with Gasteiger partial charge in [-0.1, -0.05) is 11.8 Å². The molecule has 0 radical (unpaired) electrons. The first-order valence-corrected chi connectivity index (χ1v) is 9.64. The van der Waals surface area contributed by atoms with Gasteiger partial charge in [0.25, 0.3) is 5.56 Å². The van der Waals surface area contributed by atoms with Crippen LogP contribution in [0.1, 0.15) is 41.5 Å². The normalized spacial score (nSPS) is 13.6. The molecule has 2 aromatic rings. The highest BCUT2D eigenvalue weighted by Gasteiger charge is 2.30. The number of ketones is 1. The summed E-state index contributed by atoms with van der Waals surface area (Å²) in [4.78, 5) is 47.9. The maximum absolute atomic E-state index is 12.6. The maximum atomic E-state index is 12.6. The summed E-state index contributed by atoms with van der Waals surface area (Å²) in [5.74, 6) is -0.519. The number of nitrogen functional groups attached to an aromatic ring is 1. The second-order valence-electron chi connectivity index (χ2n) is 6.64. The molecule has 4 N–H and O–H groups in total. The molecule has 2 heterocycles. The molecule has 3 rings (SSSR count). The van der Waals surface area contributed by atoms with E-state index in [-0.39, 0.29) is 29.6 Å². The largest absolute Gasteiger partial charge is 0.384 e. The number of amides is 1. The van der Waals surface area contributed by atoms with Gasteiger partial charge >= 0.3 is 5.69 Å². The van der Waals surface area contributed by atoms with Gasteiger partial charge in [-0.15, -0.1) is 10.2 Å². The van der Waals surface area contributed by atoms with Crippen LogP contribution in [0.25, 0.3) is 0 Å². The van der Waals surface area contributed by atoms with Gasteiger partial charge in [-0.3, -0.25) is 23.5 Å². The topological polar surface area (TPSA) is 161 Å². The van der Waals surface area contributed by atoms with Gasteiger partial charge in [0.15, 0.2) is 10.9 Å². The van der Waals surface area contributed by atoms with Crippen molar-refractivity contribution in [3.63, 3.8) is 0 Å². The van der Waals surface area contributed by atoms with E-state index in [1.165, 1.54) is 14.1 Å². The predicted octanol–water partition coefficient (Wildman–Crippen LogP) is -1.01. The zero-order valence-corrected chi connectivity index (χ0v) is 16.4. The summed E-state index contributed by atoms with van der Waals surface area (Å²) in [6.07, 6.45) is 2.48. The molecule has 0 saturated heterocycles. The van der Waals surface area contributed by atoms with Crippen molar-refractivity contribution in [3.05, 3.63) is 32.2 Å². The number of hydrogen-bond acceptors (Lipinski definition) is 8. The summed E-state index contributed by atoms with van der Waals surface area (Å²) < 4.78 is 3.83. The summed E-state index contributed by atoms with van der Waals surface area (Å²) in [6.45, 7) is 0. The van der Waals surface area contributed by atoms with Crippen molar-refractivity contribution in [2.24, 2.45) is 19.8 Å². The molecule has 1 fully saturated rings. The summed E-state index contributed by atoms with van der Waals surface area (Å²) in [6, 6.07) is 0.242. The highest BCUT2D eigenvalue weighted by atomic mass is 32.2. The van der Waals surface area contributed by atoms with Crippen molar-refractivity contribution in [2.75, 3.05) is 11.5 Å². The van der Waals surface area contributed by atoms with Gasteiger partial charge in [-0.25, -0.2) is 4.79 Å². The van der Waals surface area contributed by atoms with Crippen LogP contribution in [0.15, 0.2) is 14.7 Å². The van der Waals surface area contributed by atoms with E-state index in [0.29, 0.717) is 17.4 Å². The molecule has 1 aliphatic carbocycles. The number of thioether (sulfide) groups is 1. The number of aromatic nitrogens is 5. The molecule has 1 amide bonds. The first kappa shape index (κ1) is 19.9. The van der Waals surface area contributed by atoms with Gasteiger partial charge in [0.2, 0.25) is 5.91 Å². The van der Waals surface area contributed by atoms with Crippen LogP contribution in [-0.4, -0.2) is 41.3 Å². The molecule has 0 spiro atoms. The Labute approximate surface area is 163 Å². The lowest BCUT2D eigenvalue weighted by Crippen LogP contribution is -2.41. The first-order valence-electron chi connectivity index (χ1n) is 8.66. The number of carbonyl (C=O) groups excluding carboxylic acids is 2. The van der Waals surface area contributed by atoms with Crippen molar-refractivity contribution in [3.8, 4) is 0 Å². The Morgan fingerprint density at radius 1 is 1.18 bits per heavy atom. The summed E-state index contributed by atoms with van der Waals surface area (Å²) in [5.41, 5.74) is 9.49. The average Bonchev–Trinajstić information content (AvgIpc) is 3.41. The molecule has 28 heavy (non-hydrogen) atoms. The molecule has 0 bridgehead atoms. The zero-order chi connectivity index (χ0) is 20.6. The Balaban J connectivity index is 1.82. The van der Waals surface area contributed by atoms with Crippen molar-refractivity contribution < 1.29 is 9.59 Å². The minimum Gasteiger partial charge on any atom is -0.384 e. The van der Waals surface area contributed by atoms with E-state index < -0.39 is 22.9 Å². The Morgan fingerprint density at radius 2 is 1.86 bits per heavy atom. The molecular weight excluding hydrogens is 386 g/mol. The second kappa shape index (κ2) is 7.62. The SMILES string of the molecule is Cn1c(N)c(C(=O)CSc2nnc(CCC(N)=O)n2C2CC2)c(=O)n(C)c1=O. The number of carbonyl (C=O) groups is 2. The minimum absolute atomic E-state index is 0.0850. The molecule has 11 nitrogen and oxygen atoms in total. The number of primary amides is 1. The van der Waals surface area contributed by atoms with E-state index in [4.69, 9.17) is 11.5 Å². The lowest BCUT2D eigenvalue weighted by molar-refractivity contribution is -0.118. The van der Waals surface area contributed by atoms with Gasteiger partial charge in [-0.05, 0) is 12.8 Å². The van der Waals surface area contributed by atoms with Crippen LogP contribution in [0.4, 0.5) is 5.82 Å². The Kier molecular flexibility index (Phi) is 5.40. The van der Waals surface area contributed by atoms with Crippen LogP contribution in [0.3, 0.4) is 0 Å². The van der Waals surface area contributed by atoms with Gasteiger partial charge < -0.3 is 16.0 Å². The summed E-state index contributed by atoms with van der Waals surface area (Å²) in [5, 5.41) is 8.77. The number of hydrogen-bond donors (Lipinski definition) is 2. The van der Waals surface area contributed by atoms with E-state index in [2.05, 4.69) is 10.2 Å². The molecule has 1 aliphatic rings. The fourth-order valence-electron chi connectivity index (χ4n) is 2.84. The lowest BCUT2D eigenvalue weighted by Gasteiger charge is -2.11. The standard InChI is InChI=1S/C16H21N7O4S/c1-21-13(18)12(14(26)22(2)16(21)27)9(24)7-28-15-20-19-11(6-5-10(17)25)23(15)8-3-4-8/h8H,3-7,18H2,1-2H3,(H2,17,25). The van der Waals surface area contributed by atoms with Gasteiger partial charge in [-0.2, -0.15) is 0 Å². The molecule has 0 aromatic carbocycles. The Morgan fingerprint density at radius 3 is 2.46 bits per heavy atom. The minimum atomic E-state index is -0.725. The molecule has 0 unspecified atom stereocenters. The Bertz CT molecular complexity index is 1060. The van der Waals surface area contributed by atoms with Gasteiger partial charge in [0.05, 0.1) is 5.75 Å². The molecule has 12 heteroatoms. The quantitative estimate of drug-likeness (QED) is 0.415. The van der Waals surface area contributed by atoms with Crippen LogP contribution in [0, 0.1) is 0 Å². The van der Waals surface area contributed by atoms with Crippen molar-refractivity contribution >= 4 is 29.3 Å². The van der Waals surface area contributed by atoms with Crippen LogP contribution in [0.2, 0.25) is 0 Å². The van der Waals surface area contributed by atoms with E-state index in [9.17, 15) is 19.2 Å². The molecule has 0 atom stereocenters. The second-order valence-corrected chi connectivity index (χ2v) is 7.59. The van der Waals surface area contributed by atoms with Gasteiger partial charge in [0.1, 0.15) is 17.2 Å². The van der Waals surface area contributed by atoms with Crippen LogP contribution in [0.5, 0.6) is 0 Å². The highest BCUT2D eigenvalue weighted by molar-refractivity contribution is 7.99. The van der Waals surface area contributed by atoms with Crippen molar-refractivity contribution in [1.29, 1.82) is 0 Å². The first-order chi connectivity index (χ1) is 13.2. The summed E-state index contributed by atoms with van der Waals surface area (Å²) in [7, 11) is 2.69. The maximum Gasteiger partial charge on any atom is 0.332 e. The lowest BCUT2D eigenvalue weighted by atomic mass is 10.2.